The van der Waals surface area contributed by atoms with Gasteiger partial charge in [-0.1, -0.05) is 48.6 Å². The Morgan fingerprint density at radius 1 is 1.17 bits per heavy atom. The standard InChI is InChI=1S/C14H22O2SSi/c1-12-6-8-14(9-7-12)17(15,16)11-10-13(2)18(3,4)5/h6-10H,11H2,1-5H3/b13-10+. The molecule has 4 heteroatoms. The minimum absolute atomic E-state index is 0.103. The minimum atomic E-state index is -3.19. The van der Waals surface area contributed by atoms with Gasteiger partial charge in [-0.25, -0.2) is 8.42 Å². The molecule has 0 aliphatic heterocycles. The first-order valence-electron chi connectivity index (χ1n) is 6.09. The van der Waals surface area contributed by atoms with Crippen LogP contribution in [0.5, 0.6) is 0 Å². The first-order chi connectivity index (χ1) is 8.13. The lowest BCUT2D eigenvalue weighted by Crippen LogP contribution is -2.22. The Kier molecular flexibility index (Phi) is 4.56. The first kappa shape index (κ1) is 15.2. The SMILES string of the molecule is C/C(=C\CS(=O)(=O)c1ccc(C)cc1)[Si](C)(C)C. The van der Waals surface area contributed by atoms with Crippen molar-refractivity contribution in [3.63, 3.8) is 0 Å². The number of benzene rings is 1. The summed E-state index contributed by atoms with van der Waals surface area (Å²) in [5.74, 6) is 0.103. The molecule has 0 aliphatic rings. The maximum Gasteiger partial charge on any atom is 0.181 e. The molecule has 0 radical (unpaired) electrons. The summed E-state index contributed by atoms with van der Waals surface area (Å²) in [6.45, 7) is 10.6. The van der Waals surface area contributed by atoms with Gasteiger partial charge in [0.15, 0.2) is 9.84 Å². The van der Waals surface area contributed by atoms with E-state index in [-0.39, 0.29) is 5.75 Å². The Morgan fingerprint density at radius 3 is 2.11 bits per heavy atom. The third kappa shape index (κ3) is 4.10. The number of hydrogen-bond acceptors (Lipinski definition) is 2. The molecule has 0 aliphatic carbocycles. The van der Waals surface area contributed by atoms with E-state index in [0.29, 0.717) is 4.90 Å². The van der Waals surface area contributed by atoms with Crippen LogP contribution in [0.2, 0.25) is 19.6 Å². The van der Waals surface area contributed by atoms with Crippen molar-refractivity contribution in [3.8, 4) is 0 Å². The van der Waals surface area contributed by atoms with Gasteiger partial charge in [0, 0.05) is 0 Å². The molecule has 0 unspecified atom stereocenters. The lowest BCUT2D eigenvalue weighted by atomic mass is 10.2. The van der Waals surface area contributed by atoms with E-state index in [1.165, 1.54) is 5.20 Å². The lowest BCUT2D eigenvalue weighted by Gasteiger charge is -2.16. The maximum atomic E-state index is 12.1. The fraction of sp³-hybridized carbons (Fsp3) is 0.429. The van der Waals surface area contributed by atoms with Gasteiger partial charge in [-0.3, -0.25) is 0 Å². The molecular weight excluding hydrogens is 260 g/mol. The zero-order chi connectivity index (χ0) is 14.0. The second-order valence-electron chi connectivity index (χ2n) is 5.73. The average molecular weight is 282 g/mol. The third-order valence-corrected chi connectivity index (χ3v) is 7.34. The quantitative estimate of drug-likeness (QED) is 0.791. The van der Waals surface area contributed by atoms with Gasteiger partial charge in [0.1, 0.15) is 0 Å². The van der Waals surface area contributed by atoms with Gasteiger partial charge in [0.2, 0.25) is 0 Å². The van der Waals surface area contributed by atoms with E-state index in [4.69, 9.17) is 0 Å². The highest BCUT2D eigenvalue weighted by atomic mass is 32.2. The molecule has 100 valence electrons. The molecule has 2 nitrogen and oxygen atoms in total. The topological polar surface area (TPSA) is 34.1 Å². The van der Waals surface area contributed by atoms with E-state index < -0.39 is 17.9 Å². The summed E-state index contributed by atoms with van der Waals surface area (Å²) in [5, 5.41) is 1.23. The summed E-state index contributed by atoms with van der Waals surface area (Å²) in [7, 11) is -4.56. The Bertz CT molecular complexity index is 534. The highest BCUT2D eigenvalue weighted by Crippen LogP contribution is 2.16. The number of aryl methyl sites for hydroxylation is 1. The minimum Gasteiger partial charge on any atom is -0.223 e. The van der Waals surface area contributed by atoms with Crippen LogP contribution in [0.3, 0.4) is 0 Å². The number of sulfone groups is 1. The fourth-order valence-corrected chi connectivity index (χ4v) is 3.46. The summed E-state index contributed by atoms with van der Waals surface area (Å²) in [6, 6.07) is 7.04. The van der Waals surface area contributed by atoms with E-state index in [1.807, 2.05) is 32.1 Å². The van der Waals surface area contributed by atoms with Crippen molar-refractivity contribution in [2.45, 2.75) is 38.4 Å². The third-order valence-electron chi connectivity index (χ3n) is 3.17. The van der Waals surface area contributed by atoms with Crippen molar-refractivity contribution in [2.75, 3.05) is 5.75 Å². The molecule has 0 heterocycles. The van der Waals surface area contributed by atoms with Crippen molar-refractivity contribution in [1.29, 1.82) is 0 Å². The molecule has 0 amide bonds. The largest absolute Gasteiger partial charge is 0.223 e. The molecule has 1 aromatic rings. The smallest absolute Gasteiger partial charge is 0.181 e. The molecule has 1 aromatic carbocycles. The summed E-state index contributed by atoms with van der Waals surface area (Å²) in [6.07, 6.45) is 1.88. The van der Waals surface area contributed by atoms with Crippen LogP contribution in [0.1, 0.15) is 12.5 Å². The number of allylic oxidation sites excluding steroid dienone is 1. The second kappa shape index (κ2) is 5.41. The molecular formula is C14H22O2SSi. The van der Waals surface area contributed by atoms with Crippen LogP contribution < -0.4 is 0 Å². The van der Waals surface area contributed by atoms with Gasteiger partial charge < -0.3 is 0 Å². The summed E-state index contributed by atoms with van der Waals surface area (Å²) in [4.78, 5) is 0.410. The van der Waals surface area contributed by atoms with Crippen LogP contribution in [-0.4, -0.2) is 22.2 Å². The summed E-state index contributed by atoms with van der Waals surface area (Å²) >= 11 is 0. The van der Waals surface area contributed by atoms with Crippen molar-refractivity contribution in [1.82, 2.24) is 0 Å². The van der Waals surface area contributed by atoms with Gasteiger partial charge in [-0.15, -0.1) is 0 Å². The normalized spacial score (nSPS) is 13.7. The fourth-order valence-electron chi connectivity index (χ4n) is 1.38. The molecule has 0 spiro atoms. The number of rotatable bonds is 4. The van der Waals surface area contributed by atoms with Crippen molar-refractivity contribution in [2.24, 2.45) is 0 Å². The zero-order valence-electron chi connectivity index (χ0n) is 11.8. The molecule has 0 saturated carbocycles. The van der Waals surface area contributed by atoms with Gasteiger partial charge >= 0.3 is 0 Å². The monoisotopic (exact) mass is 282 g/mol. The molecule has 0 aromatic heterocycles. The van der Waals surface area contributed by atoms with Crippen molar-refractivity contribution < 1.29 is 8.42 Å². The van der Waals surface area contributed by atoms with E-state index in [9.17, 15) is 8.42 Å². The van der Waals surface area contributed by atoms with Crippen LogP contribution in [0.4, 0.5) is 0 Å². The Hall–Kier alpha value is -0.873. The molecule has 0 N–H and O–H groups in total. The van der Waals surface area contributed by atoms with E-state index in [1.54, 1.807) is 12.1 Å². The van der Waals surface area contributed by atoms with Crippen molar-refractivity contribution >= 4 is 17.9 Å². The van der Waals surface area contributed by atoms with E-state index >= 15 is 0 Å². The zero-order valence-corrected chi connectivity index (χ0v) is 13.6. The van der Waals surface area contributed by atoms with Gasteiger partial charge in [-0.05, 0) is 26.0 Å². The predicted octanol–water partition coefficient (Wildman–Crippen LogP) is 3.59. The predicted molar refractivity (Wildman–Crippen MR) is 80.3 cm³/mol. The van der Waals surface area contributed by atoms with Crippen LogP contribution in [0.15, 0.2) is 40.4 Å². The van der Waals surface area contributed by atoms with Crippen LogP contribution in [0.25, 0.3) is 0 Å². The van der Waals surface area contributed by atoms with Crippen molar-refractivity contribution in [3.05, 3.63) is 41.1 Å². The highest BCUT2D eigenvalue weighted by Gasteiger charge is 2.17. The maximum absolute atomic E-state index is 12.1. The Balaban J connectivity index is 2.94. The summed E-state index contributed by atoms with van der Waals surface area (Å²) in [5.41, 5.74) is 1.07. The summed E-state index contributed by atoms with van der Waals surface area (Å²) < 4.78 is 24.3. The van der Waals surface area contributed by atoms with Crippen LogP contribution >= 0.6 is 0 Å². The van der Waals surface area contributed by atoms with Gasteiger partial charge in [0.05, 0.1) is 18.7 Å². The Labute approximate surface area is 112 Å². The van der Waals surface area contributed by atoms with E-state index in [2.05, 4.69) is 19.6 Å². The Morgan fingerprint density at radius 2 is 1.67 bits per heavy atom. The lowest BCUT2D eigenvalue weighted by molar-refractivity contribution is 0.599. The molecule has 18 heavy (non-hydrogen) atoms. The molecule has 0 saturated heterocycles. The molecule has 0 fully saturated rings. The second-order valence-corrected chi connectivity index (χ2v) is 13.1. The average Bonchev–Trinajstić information content (AvgIpc) is 2.25. The molecule has 0 bridgehead atoms. The van der Waals surface area contributed by atoms with E-state index in [0.717, 1.165) is 5.56 Å². The highest BCUT2D eigenvalue weighted by molar-refractivity contribution is 7.91. The molecule has 1 rings (SSSR count). The van der Waals surface area contributed by atoms with Crippen LogP contribution in [-0.2, 0) is 9.84 Å². The van der Waals surface area contributed by atoms with Crippen LogP contribution in [0, 0.1) is 6.92 Å². The van der Waals surface area contributed by atoms with Gasteiger partial charge in [0.25, 0.3) is 0 Å². The van der Waals surface area contributed by atoms with Gasteiger partial charge in [-0.2, -0.15) is 0 Å². The first-order valence-corrected chi connectivity index (χ1v) is 11.2. The number of hydrogen-bond donors (Lipinski definition) is 0. The molecule has 0 atom stereocenters.